The van der Waals surface area contributed by atoms with E-state index in [2.05, 4.69) is 10.0 Å². The minimum atomic E-state index is -3.72. The Morgan fingerprint density at radius 2 is 1.62 bits per heavy atom. The van der Waals surface area contributed by atoms with E-state index in [0.29, 0.717) is 5.56 Å². The van der Waals surface area contributed by atoms with Gasteiger partial charge in [-0.3, -0.25) is 4.79 Å². The van der Waals surface area contributed by atoms with Crippen molar-refractivity contribution in [1.29, 1.82) is 0 Å². The highest BCUT2D eigenvalue weighted by Crippen LogP contribution is 2.26. The first-order valence-electron chi connectivity index (χ1n) is 8.04. The number of furan rings is 1. The van der Waals surface area contributed by atoms with Crippen LogP contribution < -0.4 is 10.0 Å². The van der Waals surface area contributed by atoms with Gasteiger partial charge < -0.3 is 9.73 Å². The first kappa shape index (κ1) is 17.9. The molecule has 2 N–H and O–H groups in total. The molecule has 1 heterocycles. The second-order valence-corrected chi connectivity index (χ2v) is 7.23. The van der Waals surface area contributed by atoms with Crippen LogP contribution in [-0.4, -0.2) is 27.4 Å². The summed E-state index contributed by atoms with van der Waals surface area (Å²) >= 11 is 0. The van der Waals surface area contributed by atoms with E-state index < -0.39 is 10.0 Å². The van der Waals surface area contributed by atoms with Gasteiger partial charge in [0.25, 0.3) is 5.91 Å². The molecular formula is C19H18N2O4S. The lowest BCUT2D eigenvalue weighted by Crippen LogP contribution is -2.34. The highest BCUT2D eigenvalue weighted by Gasteiger charge is 2.18. The smallest absolute Gasteiger partial charge is 0.287 e. The van der Waals surface area contributed by atoms with Crippen LogP contribution >= 0.6 is 0 Å². The molecule has 1 aromatic heterocycles. The lowest BCUT2D eigenvalue weighted by Gasteiger charge is -2.12. The van der Waals surface area contributed by atoms with Gasteiger partial charge in [-0.15, -0.1) is 0 Å². The van der Waals surface area contributed by atoms with Crippen molar-refractivity contribution in [3.05, 3.63) is 78.8 Å². The van der Waals surface area contributed by atoms with Gasteiger partial charge in [-0.2, -0.15) is 0 Å². The van der Waals surface area contributed by atoms with Gasteiger partial charge >= 0.3 is 0 Å². The third kappa shape index (κ3) is 4.19. The van der Waals surface area contributed by atoms with Crippen molar-refractivity contribution in [2.45, 2.75) is 4.90 Å². The van der Waals surface area contributed by atoms with Gasteiger partial charge in [0, 0.05) is 18.7 Å². The minimum absolute atomic E-state index is 0.0674. The van der Waals surface area contributed by atoms with Crippen molar-refractivity contribution >= 4 is 15.9 Å². The van der Waals surface area contributed by atoms with Crippen LogP contribution in [0.1, 0.15) is 10.6 Å². The van der Waals surface area contributed by atoms with Crippen LogP contribution in [-0.2, 0) is 10.0 Å². The Balaban J connectivity index is 1.66. The number of hydrogen-bond donors (Lipinski definition) is 2. The van der Waals surface area contributed by atoms with Crippen LogP contribution in [0.2, 0.25) is 0 Å². The second-order valence-electron chi connectivity index (χ2n) is 5.49. The van der Waals surface area contributed by atoms with E-state index >= 15 is 0 Å². The Morgan fingerprint density at radius 1 is 0.885 bits per heavy atom. The predicted molar refractivity (Wildman–Crippen MR) is 98.1 cm³/mol. The maximum atomic E-state index is 12.7. The van der Waals surface area contributed by atoms with Gasteiger partial charge in [0.1, 0.15) is 0 Å². The van der Waals surface area contributed by atoms with Crippen molar-refractivity contribution in [1.82, 2.24) is 10.0 Å². The molecular weight excluding hydrogens is 352 g/mol. The predicted octanol–water partition coefficient (Wildman–Crippen LogP) is 2.65. The molecule has 1 amide bonds. The summed E-state index contributed by atoms with van der Waals surface area (Å²) in [5.41, 5.74) is 1.44. The number of hydrogen-bond acceptors (Lipinski definition) is 4. The second kappa shape index (κ2) is 7.99. The fourth-order valence-corrected chi connectivity index (χ4v) is 3.75. The monoisotopic (exact) mass is 370 g/mol. The van der Waals surface area contributed by atoms with E-state index in [4.69, 9.17) is 4.42 Å². The van der Waals surface area contributed by atoms with Gasteiger partial charge in [0.2, 0.25) is 10.0 Å². The van der Waals surface area contributed by atoms with Crippen molar-refractivity contribution in [2.24, 2.45) is 0 Å². The highest BCUT2D eigenvalue weighted by atomic mass is 32.2. The lowest BCUT2D eigenvalue weighted by molar-refractivity contribution is 0.0926. The number of carbonyl (C=O) groups excluding carboxylic acids is 1. The van der Waals surface area contributed by atoms with Crippen LogP contribution in [0, 0.1) is 0 Å². The summed E-state index contributed by atoms with van der Waals surface area (Å²) in [7, 11) is -3.72. The molecule has 0 atom stereocenters. The van der Waals surface area contributed by atoms with Crippen molar-refractivity contribution < 1.29 is 17.6 Å². The first-order valence-corrected chi connectivity index (χ1v) is 9.52. The summed E-state index contributed by atoms with van der Waals surface area (Å²) < 4.78 is 32.8. The van der Waals surface area contributed by atoms with E-state index in [-0.39, 0.29) is 29.7 Å². The molecule has 0 saturated carbocycles. The Labute approximate surface area is 151 Å². The topological polar surface area (TPSA) is 88.4 Å². The molecule has 0 radical (unpaired) electrons. The Kier molecular flexibility index (Phi) is 5.50. The molecule has 0 aliphatic carbocycles. The Bertz CT molecular complexity index is 968. The number of carbonyl (C=O) groups is 1. The molecule has 3 aromatic rings. The van der Waals surface area contributed by atoms with Crippen LogP contribution in [0.25, 0.3) is 11.1 Å². The molecule has 134 valence electrons. The molecule has 0 unspecified atom stereocenters. The van der Waals surface area contributed by atoms with E-state index in [0.717, 1.165) is 5.56 Å². The number of benzene rings is 2. The molecule has 0 fully saturated rings. The summed E-state index contributed by atoms with van der Waals surface area (Å²) in [6.45, 7) is 0.212. The largest absolute Gasteiger partial charge is 0.459 e. The van der Waals surface area contributed by atoms with Crippen molar-refractivity contribution in [3.8, 4) is 11.1 Å². The average molecular weight is 370 g/mol. The standard InChI is InChI=1S/C19H18N2O4S/c22-19(17-10-6-14-25-17)20-12-13-21-26(23,24)18-11-5-4-9-16(18)15-7-2-1-3-8-15/h1-11,14,21H,12-13H2,(H,20,22). The van der Waals surface area contributed by atoms with Crippen LogP contribution in [0.3, 0.4) is 0 Å². The normalized spacial score (nSPS) is 11.2. The van der Waals surface area contributed by atoms with E-state index in [1.54, 1.807) is 30.3 Å². The lowest BCUT2D eigenvalue weighted by atomic mass is 10.1. The number of rotatable bonds is 7. The van der Waals surface area contributed by atoms with Crippen LogP contribution in [0.5, 0.6) is 0 Å². The molecule has 26 heavy (non-hydrogen) atoms. The van der Waals surface area contributed by atoms with E-state index in [1.165, 1.54) is 12.3 Å². The third-order valence-electron chi connectivity index (χ3n) is 3.71. The zero-order chi connectivity index (χ0) is 18.4. The van der Waals surface area contributed by atoms with E-state index in [1.807, 2.05) is 30.3 Å². The molecule has 0 spiro atoms. The van der Waals surface area contributed by atoms with Gasteiger partial charge in [0.05, 0.1) is 11.2 Å². The van der Waals surface area contributed by atoms with Gasteiger partial charge in [-0.1, -0.05) is 48.5 Å². The van der Waals surface area contributed by atoms with E-state index in [9.17, 15) is 13.2 Å². The number of sulfonamides is 1. The quantitative estimate of drug-likeness (QED) is 0.626. The fourth-order valence-electron chi connectivity index (χ4n) is 2.49. The summed E-state index contributed by atoms with van der Waals surface area (Å²) in [5.74, 6) is -0.207. The zero-order valence-corrected chi connectivity index (χ0v) is 14.7. The molecule has 7 heteroatoms. The molecule has 0 bridgehead atoms. The van der Waals surface area contributed by atoms with Crippen LogP contribution in [0.15, 0.2) is 82.3 Å². The fraction of sp³-hybridized carbons (Fsp3) is 0.105. The van der Waals surface area contributed by atoms with Gasteiger partial charge in [-0.25, -0.2) is 13.1 Å². The first-order chi connectivity index (χ1) is 12.6. The Morgan fingerprint density at radius 3 is 2.35 bits per heavy atom. The molecule has 6 nitrogen and oxygen atoms in total. The SMILES string of the molecule is O=C(NCCNS(=O)(=O)c1ccccc1-c1ccccc1)c1ccco1. The molecule has 3 rings (SSSR count). The summed E-state index contributed by atoms with van der Waals surface area (Å²) in [6.07, 6.45) is 1.40. The van der Waals surface area contributed by atoms with Crippen molar-refractivity contribution in [3.63, 3.8) is 0 Å². The maximum absolute atomic E-state index is 12.7. The van der Waals surface area contributed by atoms with Crippen molar-refractivity contribution in [2.75, 3.05) is 13.1 Å². The number of nitrogens with one attached hydrogen (secondary N) is 2. The average Bonchev–Trinajstić information content (AvgIpc) is 3.21. The molecule has 0 aliphatic rings. The maximum Gasteiger partial charge on any atom is 0.287 e. The highest BCUT2D eigenvalue weighted by molar-refractivity contribution is 7.89. The van der Waals surface area contributed by atoms with Crippen LogP contribution in [0.4, 0.5) is 0 Å². The number of amides is 1. The summed E-state index contributed by atoms with van der Waals surface area (Å²) in [5, 5.41) is 2.60. The third-order valence-corrected chi connectivity index (χ3v) is 5.23. The minimum Gasteiger partial charge on any atom is -0.459 e. The Hall–Kier alpha value is -2.90. The van der Waals surface area contributed by atoms with Gasteiger partial charge in [0.15, 0.2) is 5.76 Å². The molecule has 0 saturated heterocycles. The molecule has 2 aromatic carbocycles. The molecule has 0 aliphatic heterocycles. The van der Waals surface area contributed by atoms with Gasteiger partial charge in [-0.05, 0) is 23.8 Å². The zero-order valence-electron chi connectivity index (χ0n) is 13.9. The summed E-state index contributed by atoms with van der Waals surface area (Å²) in [6, 6.07) is 19.3. The summed E-state index contributed by atoms with van der Waals surface area (Å²) in [4.78, 5) is 12.0.